The first-order chi connectivity index (χ1) is 13.5. The molecule has 1 aliphatic heterocycles. The summed E-state index contributed by atoms with van der Waals surface area (Å²) in [6.07, 6.45) is 0. The lowest BCUT2D eigenvalue weighted by Gasteiger charge is -2.35. The topological polar surface area (TPSA) is 44.8 Å². The van der Waals surface area contributed by atoms with E-state index in [1.165, 1.54) is 5.69 Å². The second kappa shape index (κ2) is 9.11. The summed E-state index contributed by atoms with van der Waals surface area (Å²) in [4.78, 5) is 17.2. The van der Waals surface area contributed by atoms with Crippen molar-refractivity contribution in [3.05, 3.63) is 53.1 Å². The third kappa shape index (κ3) is 4.84. The van der Waals surface area contributed by atoms with Gasteiger partial charge in [0.25, 0.3) is 5.91 Å². The van der Waals surface area contributed by atoms with E-state index in [1.54, 1.807) is 0 Å². The van der Waals surface area contributed by atoms with Crippen molar-refractivity contribution in [1.29, 1.82) is 0 Å². The number of aryl methyl sites for hydroxylation is 3. The summed E-state index contributed by atoms with van der Waals surface area (Å²) < 4.78 is 5.76. The Bertz CT molecular complexity index is 806. The first-order valence-electron chi connectivity index (χ1n) is 10.0. The molecule has 1 heterocycles. The molecular weight excluding hydrogens is 350 g/mol. The highest BCUT2D eigenvalue weighted by Gasteiger charge is 2.16. The van der Waals surface area contributed by atoms with E-state index in [0.717, 1.165) is 60.9 Å². The predicted molar refractivity (Wildman–Crippen MR) is 116 cm³/mol. The van der Waals surface area contributed by atoms with Crippen LogP contribution >= 0.6 is 0 Å². The van der Waals surface area contributed by atoms with E-state index in [9.17, 15) is 4.79 Å². The Labute approximate surface area is 168 Å². The van der Waals surface area contributed by atoms with Crippen LogP contribution in [-0.4, -0.2) is 50.1 Å². The molecule has 0 aliphatic carbocycles. The van der Waals surface area contributed by atoms with Gasteiger partial charge in [-0.2, -0.15) is 0 Å². The number of carbonyl (C=O) groups is 1. The number of nitrogens with zero attached hydrogens (tertiary/aromatic N) is 2. The molecule has 0 unspecified atom stereocenters. The summed E-state index contributed by atoms with van der Waals surface area (Å²) in [5.74, 6) is 0.644. The first kappa shape index (κ1) is 20.2. The van der Waals surface area contributed by atoms with Crippen LogP contribution in [0.5, 0.6) is 5.75 Å². The molecule has 1 N–H and O–H groups in total. The smallest absolute Gasteiger partial charge is 0.262 e. The molecule has 0 bridgehead atoms. The monoisotopic (exact) mass is 381 g/mol. The normalized spacial score (nSPS) is 14.8. The Balaban J connectivity index is 1.58. The van der Waals surface area contributed by atoms with Gasteiger partial charge < -0.3 is 19.9 Å². The van der Waals surface area contributed by atoms with Crippen molar-refractivity contribution in [3.63, 3.8) is 0 Å². The van der Waals surface area contributed by atoms with Crippen LogP contribution in [0.1, 0.15) is 23.6 Å². The maximum atomic E-state index is 12.4. The number of ether oxygens (including phenoxy) is 1. The molecule has 1 saturated heterocycles. The maximum absolute atomic E-state index is 12.4. The highest BCUT2D eigenvalue weighted by molar-refractivity contribution is 5.93. The number of likely N-dealkylation sites (N-methyl/N-ethyl adjacent to an activating group) is 1. The highest BCUT2D eigenvalue weighted by atomic mass is 16.5. The molecule has 0 spiro atoms. The minimum absolute atomic E-state index is 0.00582. The van der Waals surface area contributed by atoms with Crippen molar-refractivity contribution in [1.82, 2.24) is 4.90 Å². The van der Waals surface area contributed by atoms with Crippen LogP contribution in [0.15, 0.2) is 36.4 Å². The van der Waals surface area contributed by atoms with E-state index in [0.29, 0.717) is 0 Å². The Hall–Kier alpha value is -2.53. The van der Waals surface area contributed by atoms with Gasteiger partial charge in [-0.3, -0.25) is 4.79 Å². The predicted octanol–water partition coefficient (Wildman–Crippen LogP) is 3.77. The quantitative estimate of drug-likeness (QED) is 0.827. The van der Waals surface area contributed by atoms with Gasteiger partial charge in [0.05, 0.1) is 0 Å². The molecular formula is C23H31N3O2. The molecule has 2 aromatic rings. The first-order valence-corrected chi connectivity index (χ1v) is 10.0. The molecule has 5 nitrogen and oxygen atoms in total. The maximum Gasteiger partial charge on any atom is 0.262 e. The van der Waals surface area contributed by atoms with E-state index in [-0.39, 0.29) is 12.5 Å². The largest absolute Gasteiger partial charge is 0.483 e. The second-order valence-electron chi connectivity index (χ2n) is 7.48. The fourth-order valence-electron chi connectivity index (χ4n) is 3.66. The number of rotatable bonds is 6. The average molecular weight is 382 g/mol. The van der Waals surface area contributed by atoms with Gasteiger partial charge in [0.15, 0.2) is 6.61 Å². The summed E-state index contributed by atoms with van der Waals surface area (Å²) in [6.45, 7) is 13.6. The number of nitrogens with one attached hydrogen (secondary N) is 1. The SMILES string of the molecule is CCN1CCN(c2ccc(NC(=O)COc3c(C)cccc3C)c(C)c2)CC1. The molecule has 0 radical (unpaired) electrons. The van der Waals surface area contributed by atoms with Gasteiger partial charge in [0, 0.05) is 37.6 Å². The Morgan fingerprint density at radius 2 is 1.68 bits per heavy atom. The molecule has 0 saturated carbocycles. The molecule has 1 aliphatic rings. The second-order valence-corrected chi connectivity index (χ2v) is 7.48. The summed E-state index contributed by atoms with van der Waals surface area (Å²) in [7, 11) is 0. The lowest BCUT2D eigenvalue weighted by Crippen LogP contribution is -2.46. The highest BCUT2D eigenvalue weighted by Crippen LogP contribution is 2.25. The number of amides is 1. The summed E-state index contributed by atoms with van der Waals surface area (Å²) in [5, 5.41) is 2.98. The molecule has 5 heteroatoms. The Morgan fingerprint density at radius 3 is 2.29 bits per heavy atom. The standard InChI is InChI=1S/C23H31N3O2/c1-5-25-11-13-26(14-12-25)20-9-10-21(19(4)15-20)24-22(27)16-28-23-17(2)7-6-8-18(23)3/h6-10,15H,5,11-14,16H2,1-4H3,(H,24,27). The van der Waals surface area contributed by atoms with E-state index in [4.69, 9.17) is 4.74 Å². The van der Waals surface area contributed by atoms with Gasteiger partial charge in [0.2, 0.25) is 0 Å². The van der Waals surface area contributed by atoms with Crippen LogP contribution in [0, 0.1) is 20.8 Å². The van der Waals surface area contributed by atoms with E-state index < -0.39 is 0 Å². The third-order valence-corrected chi connectivity index (χ3v) is 5.43. The van der Waals surface area contributed by atoms with Gasteiger partial charge in [-0.15, -0.1) is 0 Å². The van der Waals surface area contributed by atoms with Gasteiger partial charge in [0.1, 0.15) is 5.75 Å². The Kier molecular flexibility index (Phi) is 6.57. The van der Waals surface area contributed by atoms with E-state index >= 15 is 0 Å². The Morgan fingerprint density at radius 1 is 1.00 bits per heavy atom. The number of hydrogen-bond donors (Lipinski definition) is 1. The number of anilines is 2. The minimum Gasteiger partial charge on any atom is -0.483 e. The van der Waals surface area contributed by atoms with Crippen molar-refractivity contribution in [3.8, 4) is 5.75 Å². The van der Waals surface area contributed by atoms with Crippen LogP contribution in [0.3, 0.4) is 0 Å². The van der Waals surface area contributed by atoms with E-state index in [1.807, 2.05) is 45.0 Å². The number of carbonyl (C=O) groups excluding carboxylic acids is 1. The van der Waals surface area contributed by atoms with E-state index in [2.05, 4.69) is 34.2 Å². The molecule has 2 aromatic carbocycles. The minimum atomic E-state index is -0.143. The van der Waals surface area contributed by atoms with Crippen molar-refractivity contribution in [2.45, 2.75) is 27.7 Å². The zero-order chi connectivity index (χ0) is 20.1. The molecule has 1 fully saturated rings. The molecule has 28 heavy (non-hydrogen) atoms. The van der Waals surface area contributed by atoms with Gasteiger partial charge in [-0.05, 0) is 62.2 Å². The van der Waals surface area contributed by atoms with Gasteiger partial charge in [-0.1, -0.05) is 25.1 Å². The molecule has 150 valence electrons. The van der Waals surface area contributed by atoms with Crippen molar-refractivity contribution in [2.24, 2.45) is 0 Å². The van der Waals surface area contributed by atoms with Crippen LogP contribution in [0.2, 0.25) is 0 Å². The van der Waals surface area contributed by atoms with Crippen molar-refractivity contribution < 1.29 is 9.53 Å². The zero-order valence-electron chi connectivity index (χ0n) is 17.4. The lowest BCUT2D eigenvalue weighted by atomic mass is 10.1. The van der Waals surface area contributed by atoms with Crippen LogP contribution in [0.4, 0.5) is 11.4 Å². The third-order valence-electron chi connectivity index (χ3n) is 5.43. The molecule has 0 atom stereocenters. The number of hydrogen-bond acceptors (Lipinski definition) is 4. The van der Waals surface area contributed by atoms with Crippen LogP contribution in [0.25, 0.3) is 0 Å². The fourth-order valence-corrected chi connectivity index (χ4v) is 3.66. The fraction of sp³-hybridized carbons (Fsp3) is 0.435. The molecule has 3 rings (SSSR count). The number of benzene rings is 2. The van der Waals surface area contributed by atoms with Gasteiger partial charge >= 0.3 is 0 Å². The lowest BCUT2D eigenvalue weighted by molar-refractivity contribution is -0.118. The average Bonchev–Trinajstić information content (AvgIpc) is 2.69. The molecule has 1 amide bonds. The van der Waals surface area contributed by atoms with Crippen LogP contribution in [-0.2, 0) is 4.79 Å². The number of piperazine rings is 1. The van der Waals surface area contributed by atoms with Crippen molar-refractivity contribution >= 4 is 17.3 Å². The van der Waals surface area contributed by atoms with Crippen LogP contribution < -0.4 is 15.0 Å². The molecule has 0 aromatic heterocycles. The summed E-state index contributed by atoms with van der Waals surface area (Å²) >= 11 is 0. The zero-order valence-corrected chi connectivity index (χ0v) is 17.4. The summed E-state index contributed by atoms with van der Waals surface area (Å²) in [6, 6.07) is 12.2. The summed E-state index contributed by atoms with van der Waals surface area (Å²) in [5.41, 5.74) is 5.20. The van der Waals surface area contributed by atoms with Crippen molar-refractivity contribution in [2.75, 3.05) is 49.5 Å². The number of para-hydroxylation sites is 1. The van der Waals surface area contributed by atoms with Gasteiger partial charge in [-0.25, -0.2) is 0 Å².